The first-order chi connectivity index (χ1) is 9.13. The minimum atomic E-state index is -0.306. The molecule has 2 rings (SSSR count). The number of rotatable bonds is 4. The van der Waals surface area contributed by atoms with Crippen molar-refractivity contribution in [2.24, 2.45) is 0 Å². The number of nitrogens with one attached hydrogen (secondary N) is 1. The summed E-state index contributed by atoms with van der Waals surface area (Å²) in [7, 11) is 0. The summed E-state index contributed by atoms with van der Waals surface area (Å²) < 4.78 is 1.20. The molecule has 0 unspecified atom stereocenters. The number of aryl methyl sites for hydroxylation is 1. The predicted octanol–water partition coefficient (Wildman–Crippen LogP) is 2.51. The highest BCUT2D eigenvalue weighted by molar-refractivity contribution is 7.10. The van der Waals surface area contributed by atoms with Gasteiger partial charge in [-0.3, -0.25) is 4.79 Å². The molecule has 0 atom stereocenters. The largest absolute Gasteiger partial charge is 0.374 e. The van der Waals surface area contributed by atoms with Crippen LogP contribution >= 0.6 is 22.9 Å². The third kappa shape index (κ3) is 2.98. The molecule has 0 aliphatic rings. The molecule has 0 radical (unpaired) electrons. The van der Waals surface area contributed by atoms with Crippen LogP contribution in [0.4, 0.5) is 5.69 Å². The van der Waals surface area contributed by atoms with Crippen molar-refractivity contribution in [3.63, 3.8) is 0 Å². The fraction of sp³-hybridized carbons (Fsp3) is 0.231. The summed E-state index contributed by atoms with van der Waals surface area (Å²) in [6, 6.07) is 2.03. The Bertz CT molecular complexity index is 684. The minimum Gasteiger partial charge on any atom is -0.374 e. The molecule has 2 heterocycles. The van der Waals surface area contributed by atoms with E-state index in [2.05, 4.69) is 16.3 Å². The Morgan fingerprint density at radius 1 is 1.63 bits per heavy atom. The van der Waals surface area contributed by atoms with Crippen LogP contribution in [-0.2, 0) is 13.1 Å². The normalized spacial score (nSPS) is 10.2. The first-order valence-corrected chi connectivity index (χ1v) is 6.85. The van der Waals surface area contributed by atoms with Gasteiger partial charge in [0.15, 0.2) is 0 Å². The van der Waals surface area contributed by atoms with Crippen molar-refractivity contribution in [2.45, 2.75) is 20.0 Å². The number of anilines is 1. The van der Waals surface area contributed by atoms with Crippen LogP contribution < -0.4 is 10.9 Å². The summed E-state index contributed by atoms with van der Waals surface area (Å²) in [6.45, 7) is 2.71. The van der Waals surface area contributed by atoms with Gasteiger partial charge in [0.05, 0.1) is 11.2 Å². The van der Waals surface area contributed by atoms with Crippen molar-refractivity contribution in [3.8, 4) is 12.3 Å². The lowest BCUT2D eigenvalue weighted by molar-refractivity contribution is 0.664. The van der Waals surface area contributed by atoms with Crippen molar-refractivity contribution in [2.75, 3.05) is 5.32 Å². The van der Waals surface area contributed by atoms with E-state index < -0.39 is 0 Å². The molecule has 0 aliphatic heterocycles. The Balaban J connectivity index is 2.25. The Kier molecular flexibility index (Phi) is 4.25. The molecule has 0 fully saturated rings. The molecular formula is C13H12ClN3OS. The molecule has 0 saturated heterocycles. The van der Waals surface area contributed by atoms with Gasteiger partial charge < -0.3 is 5.32 Å². The number of hydrogen-bond acceptors (Lipinski definition) is 4. The lowest BCUT2D eigenvalue weighted by Crippen LogP contribution is -2.25. The average molecular weight is 294 g/mol. The Hall–Kier alpha value is -1.77. The molecule has 6 heteroatoms. The number of nitrogens with zero attached hydrogens (tertiary/aromatic N) is 2. The van der Waals surface area contributed by atoms with E-state index in [1.165, 1.54) is 16.4 Å². The highest BCUT2D eigenvalue weighted by Gasteiger charge is 2.10. The summed E-state index contributed by atoms with van der Waals surface area (Å²) in [6.07, 6.45) is 6.61. The van der Waals surface area contributed by atoms with Gasteiger partial charge in [0, 0.05) is 11.4 Å². The molecule has 4 nitrogen and oxygen atoms in total. The zero-order chi connectivity index (χ0) is 13.8. The van der Waals surface area contributed by atoms with Crippen molar-refractivity contribution < 1.29 is 0 Å². The van der Waals surface area contributed by atoms with Gasteiger partial charge in [-0.05, 0) is 23.9 Å². The van der Waals surface area contributed by atoms with E-state index in [-0.39, 0.29) is 12.1 Å². The van der Waals surface area contributed by atoms with Crippen LogP contribution in [-0.4, -0.2) is 9.78 Å². The molecule has 2 aromatic rings. The lowest BCUT2D eigenvalue weighted by atomic mass is 10.3. The van der Waals surface area contributed by atoms with Crippen LogP contribution in [0.2, 0.25) is 5.02 Å². The monoisotopic (exact) mass is 293 g/mol. The third-order valence-electron chi connectivity index (χ3n) is 2.63. The average Bonchev–Trinajstić information content (AvgIpc) is 2.79. The van der Waals surface area contributed by atoms with E-state index in [0.29, 0.717) is 17.3 Å². The molecule has 0 bridgehead atoms. The van der Waals surface area contributed by atoms with Crippen LogP contribution in [0.3, 0.4) is 0 Å². The Morgan fingerprint density at radius 3 is 3.05 bits per heavy atom. The minimum absolute atomic E-state index is 0.128. The molecule has 0 aliphatic carbocycles. The van der Waals surface area contributed by atoms with Crippen LogP contribution in [0, 0.1) is 19.3 Å². The second-order valence-corrected chi connectivity index (χ2v) is 5.32. The van der Waals surface area contributed by atoms with Gasteiger partial charge in [0.1, 0.15) is 12.2 Å². The van der Waals surface area contributed by atoms with Crippen molar-refractivity contribution in [1.82, 2.24) is 9.78 Å². The van der Waals surface area contributed by atoms with E-state index >= 15 is 0 Å². The number of halogens is 1. The number of thiophene rings is 1. The van der Waals surface area contributed by atoms with Crippen LogP contribution in [0.15, 0.2) is 22.4 Å². The summed E-state index contributed by atoms with van der Waals surface area (Å²) >= 11 is 7.63. The van der Waals surface area contributed by atoms with Crippen LogP contribution in [0.5, 0.6) is 0 Å². The molecule has 19 heavy (non-hydrogen) atoms. The fourth-order valence-electron chi connectivity index (χ4n) is 1.58. The first-order valence-electron chi connectivity index (χ1n) is 5.59. The van der Waals surface area contributed by atoms with Crippen LogP contribution in [0.1, 0.15) is 10.4 Å². The van der Waals surface area contributed by atoms with Gasteiger partial charge in [0.25, 0.3) is 5.56 Å². The second kappa shape index (κ2) is 5.91. The van der Waals surface area contributed by atoms with E-state index in [9.17, 15) is 4.79 Å². The van der Waals surface area contributed by atoms with Crippen molar-refractivity contribution in [1.29, 1.82) is 0 Å². The van der Waals surface area contributed by atoms with Gasteiger partial charge in [-0.15, -0.1) is 17.8 Å². The van der Waals surface area contributed by atoms with E-state index in [1.807, 2.05) is 18.4 Å². The second-order valence-electron chi connectivity index (χ2n) is 3.91. The Morgan fingerprint density at radius 2 is 2.42 bits per heavy atom. The Labute approximate surface area is 120 Å². The quantitative estimate of drug-likeness (QED) is 0.881. The number of terminal acetylenes is 1. The highest BCUT2D eigenvalue weighted by Crippen LogP contribution is 2.20. The summed E-state index contributed by atoms with van der Waals surface area (Å²) in [5, 5.41) is 9.25. The molecular weight excluding hydrogens is 282 g/mol. The maximum absolute atomic E-state index is 12.1. The third-order valence-corrected chi connectivity index (χ3v) is 3.94. The summed E-state index contributed by atoms with van der Waals surface area (Å²) in [5.41, 5.74) is 1.21. The SMILES string of the molecule is C#CCn1ncc(Cl)c(NCc2sccc2C)c1=O. The van der Waals surface area contributed by atoms with E-state index in [0.717, 1.165) is 4.88 Å². The number of hydrogen-bond donors (Lipinski definition) is 1. The lowest BCUT2D eigenvalue weighted by Gasteiger charge is -2.09. The van der Waals surface area contributed by atoms with Gasteiger partial charge in [-0.2, -0.15) is 5.10 Å². The smallest absolute Gasteiger partial charge is 0.292 e. The fourth-order valence-corrected chi connectivity index (χ4v) is 2.62. The molecule has 0 saturated carbocycles. The zero-order valence-electron chi connectivity index (χ0n) is 10.3. The zero-order valence-corrected chi connectivity index (χ0v) is 11.9. The van der Waals surface area contributed by atoms with Gasteiger partial charge in [-0.1, -0.05) is 17.5 Å². The van der Waals surface area contributed by atoms with E-state index in [1.54, 1.807) is 11.3 Å². The first kappa shape index (κ1) is 13.7. The summed E-state index contributed by atoms with van der Waals surface area (Å²) in [5.74, 6) is 2.38. The summed E-state index contributed by atoms with van der Waals surface area (Å²) in [4.78, 5) is 13.2. The maximum Gasteiger partial charge on any atom is 0.292 e. The maximum atomic E-state index is 12.1. The standard InChI is InChI=1S/C13H12ClN3OS/c1-3-5-17-13(18)12(10(14)7-16-17)15-8-11-9(2)4-6-19-11/h1,4,6-7,15H,5,8H2,2H3. The molecule has 98 valence electrons. The molecule has 0 amide bonds. The van der Waals surface area contributed by atoms with Gasteiger partial charge >= 0.3 is 0 Å². The molecule has 2 aromatic heterocycles. The van der Waals surface area contributed by atoms with Crippen LogP contribution in [0.25, 0.3) is 0 Å². The predicted molar refractivity (Wildman–Crippen MR) is 78.7 cm³/mol. The molecule has 0 spiro atoms. The topological polar surface area (TPSA) is 46.9 Å². The molecule has 1 N–H and O–H groups in total. The van der Waals surface area contributed by atoms with Gasteiger partial charge in [-0.25, -0.2) is 4.68 Å². The van der Waals surface area contributed by atoms with E-state index in [4.69, 9.17) is 18.0 Å². The number of aromatic nitrogens is 2. The molecule has 0 aromatic carbocycles. The van der Waals surface area contributed by atoms with Crippen molar-refractivity contribution >= 4 is 28.6 Å². The highest BCUT2D eigenvalue weighted by atomic mass is 35.5. The van der Waals surface area contributed by atoms with Crippen molar-refractivity contribution in [3.05, 3.63) is 43.5 Å². The van der Waals surface area contributed by atoms with Gasteiger partial charge in [0.2, 0.25) is 0 Å².